The van der Waals surface area contributed by atoms with Gasteiger partial charge in [-0.15, -0.1) is 0 Å². The van der Waals surface area contributed by atoms with Crippen molar-refractivity contribution in [2.45, 2.75) is 39.2 Å². The van der Waals surface area contributed by atoms with E-state index in [-0.39, 0.29) is 11.6 Å². The van der Waals surface area contributed by atoms with Crippen molar-refractivity contribution in [2.75, 3.05) is 6.61 Å². The minimum atomic E-state index is -0.00774. The van der Waals surface area contributed by atoms with Crippen LogP contribution in [0.3, 0.4) is 0 Å². The molecule has 0 aliphatic rings. The minimum absolute atomic E-state index is 0. The molecule has 5 nitrogen and oxygen atoms in total. The maximum Gasteiger partial charge on any atom is 0.213 e. The van der Waals surface area contributed by atoms with Crippen LogP contribution in [0.25, 0.3) is 0 Å². The van der Waals surface area contributed by atoms with Gasteiger partial charge in [-0.05, 0) is 49.6 Å². The average Bonchev–Trinajstić information content (AvgIpc) is 2.56. The highest BCUT2D eigenvalue weighted by Gasteiger charge is 2.06. The number of rotatable bonds is 9. The number of hydrogen-bond donors (Lipinski definition) is 0. The molecule has 0 saturated carbocycles. The van der Waals surface area contributed by atoms with Crippen molar-refractivity contribution in [3.05, 3.63) is 52.7 Å². The van der Waals surface area contributed by atoms with E-state index in [2.05, 4.69) is 4.98 Å². The quantitative estimate of drug-likeness (QED) is 0.636. The molecule has 0 amide bonds. The first-order valence-corrected chi connectivity index (χ1v) is 8.40. The Morgan fingerprint density at radius 2 is 2.08 bits per heavy atom. The van der Waals surface area contributed by atoms with Crippen molar-refractivity contribution in [1.29, 1.82) is 0 Å². The van der Waals surface area contributed by atoms with Gasteiger partial charge in [-0.25, -0.2) is 4.98 Å². The molecule has 1 aromatic heterocycles. The highest BCUT2D eigenvalue weighted by Crippen LogP contribution is 2.19. The van der Waals surface area contributed by atoms with Gasteiger partial charge >= 0.3 is 0 Å². The number of benzene rings is 1. The summed E-state index contributed by atoms with van der Waals surface area (Å²) in [4.78, 5) is 14.6. The Hall–Kier alpha value is -2.11. The molecule has 0 spiro atoms. The van der Waals surface area contributed by atoms with E-state index in [0.717, 1.165) is 30.4 Å². The zero-order valence-corrected chi connectivity index (χ0v) is 15.3. The van der Waals surface area contributed by atoms with Gasteiger partial charge in [-0.3, -0.25) is 0 Å². The largest absolute Gasteiger partial charge is 0.493 e. The molecule has 136 valence electrons. The molecular formula is C19H24ClNO4. The Morgan fingerprint density at radius 3 is 2.72 bits per heavy atom. The number of carbonyl (C=O) groups is 1. The Balaban J connectivity index is 0.00000312. The first kappa shape index (κ1) is 20.9. The number of aryl methyl sites for hydroxylation is 2. The molecule has 0 aliphatic heterocycles. The number of pyridine rings is 1. The van der Waals surface area contributed by atoms with Crippen LogP contribution in [-0.2, 0) is 11.2 Å². The van der Waals surface area contributed by atoms with Gasteiger partial charge in [0.05, 0.1) is 11.6 Å². The summed E-state index contributed by atoms with van der Waals surface area (Å²) in [6.45, 7) is 4.57. The standard InChI is InChI=1S/C19H22ClNO3.H2O/c1-14-12-18(7-5-16(14)4-3-10-22)23-11-9-15(2)24-19-8-6-17(20)13-21-19;/h5-8,10,12-13,15H,3-4,9,11H2,1-2H3;1H2. The average molecular weight is 366 g/mol. The van der Waals surface area contributed by atoms with Gasteiger partial charge in [-0.2, -0.15) is 0 Å². The zero-order chi connectivity index (χ0) is 17.4. The highest BCUT2D eigenvalue weighted by molar-refractivity contribution is 6.30. The summed E-state index contributed by atoms with van der Waals surface area (Å²) in [5.41, 5.74) is 2.32. The summed E-state index contributed by atoms with van der Waals surface area (Å²) in [5.74, 6) is 1.39. The second kappa shape index (κ2) is 10.7. The van der Waals surface area contributed by atoms with Gasteiger partial charge < -0.3 is 19.7 Å². The number of aromatic nitrogens is 1. The molecule has 6 heteroatoms. The molecule has 25 heavy (non-hydrogen) atoms. The van der Waals surface area contributed by atoms with E-state index in [4.69, 9.17) is 21.1 Å². The molecule has 2 rings (SSSR count). The Bertz CT molecular complexity index is 661. The highest BCUT2D eigenvalue weighted by atomic mass is 35.5. The number of halogens is 1. The van der Waals surface area contributed by atoms with Gasteiger partial charge in [0.2, 0.25) is 5.88 Å². The third-order valence-electron chi connectivity index (χ3n) is 3.66. The molecule has 2 aromatic rings. The van der Waals surface area contributed by atoms with Gasteiger partial charge in [0.25, 0.3) is 0 Å². The summed E-state index contributed by atoms with van der Waals surface area (Å²) in [5, 5.41) is 0.588. The molecular weight excluding hydrogens is 342 g/mol. The summed E-state index contributed by atoms with van der Waals surface area (Å²) >= 11 is 5.80. The molecule has 1 heterocycles. The fourth-order valence-corrected chi connectivity index (χ4v) is 2.40. The van der Waals surface area contributed by atoms with Gasteiger partial charge in [0.15, 0.2) is 0 Å². The molecule has 2 N–H and O–H groups in total. The lowest BCUT2D eigenvalue weighted by Crippen LogP contribution is -2.16. The minimum Gasteiger partial charge on any atom is -0.493 e. The summed E-state index contributed by atoms with van der Waals surface area (Å²) in [7, 11) is 0. The van der Waals surface area contributed by atoms with Gasteiger partial charge in [-0.1, -0.05) is 17.7 Å². The summed E-state index contributed by atoms with van der Waals surface area (Å²) < 4.78 is 11.5. The second-order valence-corrected chi connectivity index (χ2v) is 6.11. The summed E-state index contributed by atoms with van der Waals surface area (Å²) in [6, 6.07) is 9.47. The molecule has 0 radical (unpaired) electrons. The van der Waals surface area contributed by atoms with Crippen molar-refractivity contribution in [3.63, 3.8) is 0 Å². The smallest absolute Gasteiger partial charge is 0.213 e. The van der Waals surface area contributed by atoms with Crippen molar-refractivity contribution in [1.82, 2.24) is 4.98 Å². The third kappa shape index (κ3) is 7.11. The van der Waals surface area contributed by atoms with Crippen molar-refractivity contribution < 1.29 is 19.7 Å². The second-order valence-electron chi connectivity index (χ2n) is 5.67. The van der Waals surface area contributed by atoms with E-state index in [9.17, 15) is 4.79 Å². The number of carbonyl (C=O) groups excluding carboxylic acids is 1. The molecule has 0 aliphatic carbocycles. The van der Waals surface area contributed by atoms with Crippen LogP contribution < -0.4 is 9.47 Å². The van der Waals surface area contributed by atoms with Crippen LogP contribution in [0.15, 0.2) is 36.5 Å². The number of ether oxygens (including phenoxy) is 2. The monoisotopic (exact) mass is 365 g/mol. The Morgan fingerprint density at radius 1 is 1.28 bits per heavy atom. The van der Waals surface area contributed by atoms with Crippen LogP contribution in [0.5, 0.6) is 11.6 Å². The third-order valence-corrected chi connectivity index (χ3v) is 3.88. The first-order chi connectivity index (χ1) is 11.6. The lowest BCUT2D eigenvalue weighted by Gasteiger charge is -2.15. The fourth-order valence-electron chi connectivity index (χ4n) is 2.29. The predicted octanol–water partition coefficient (Wildman–Crippen LogP) is 3.59. The topological polar surface area (TPSA) is 79.9 Å². The SMILES string of the molecule is Cc1cc(OCCC(C)Oc2ccc(Cl)cn2)ccc1CCC=O.O. The van der Waals surface area contributed by atoms with E-state index >= 15 is 0 Å². The van der Waals surface area contributed by atoms with E-state index in [0.29, 0.717) is 23.9 Å². The maximum absolute atomic E-state index is 10.5. The Kier molecular flexibility index (Phi) is 8.95. The van der Waals surface area contributed by atoms with E-state index in [1.807, 2.05) is 32.0 Å². The lowest BCUT2D eigenvalue weighted by atomic mass is 10.0. The maximum atomic E-state index is 10.5. The van der Waals surface area contributed by atoms with E-state index in [1.54, 1.807) is 18.3 Å². The predicted molar refractivity (Wildman–Crippen MR) is 98.6 cm³/mol. The molecule has 1 atom stereocenters. The fraction of sp³-hybridized carbons (Fsp3) is 0.368. The van der Waals surface area contributed by atoms with Crippen LogP contribution in [0.1, 0.15) is 30.9 Å². The molecule has 0 fully saturated rings. The van der Waals surface area contributed by atoms with Crippen molar-refractivity contribution >= 4 is 17.9 Å². The van der Waals surface area contributed by atoms with Crippen LogP contribution in [0.4, 0.5) is 0 Å². The van der Waals surface area contributed by atoms with Crippen molar-refractivity contribution in [2.24, 2.45) is 0 Å². The molecule has 1 aromatic carbocycles. The van der Waals surface area contributed by atoms with Crippen LogP contribution in [0.2, 0.25) is 5.02 Å². The van der Waals surface area contributed by atoms with Crippen LogP contribution in [0, 0.1) is 6.92 Å². The van der Waals surface area contributed by atoms with Gasteiger partial charge in [0.1, 0.15) is 18.1 Å². The Labute approximate surface area is 153 Å². The lowest BCUT2D eigenvalue weighted by molar-refractivity contribution is -0.107. The normalized spacial score (nSPS) is 11.3. The molecule has 1 unspecified atom stereocenters. The van der Waals surface area contributed by atoms with Crippen LogP contribution in [-0.4, -0.2) is 29.5 Å². The molecule has 0 bridgehead atoms. The van der Waals surface area contributed by atoms with Gasteiger partial charge in [0, 0.05) is 25.1 Å². The number of aldehydes is 1. The first-order valence-electron chi connectivity index (χ1n) is 8.02. The zero-order valence-electron chi connectivity index (χ0n) is 14.5. The van der Waals surface area contributed by atoms with Crippen molar-refractivity contribution in [3.8, 4) is 11.6 Å². The number of nitrogens with zero attached hydrogens (tertiary/aromatic N) is 1. The van der Waals surface area contributed by atoms with Crippen LogP contribution >= 0.6 is 11.6 Å². The molecule has 0 saturated heterocycles. The van der Waals surface area contributed by atoms with E-state index < -0.39 is 0 Å². The number of hydrogen-bond acceptors (Lipinski definition) is 4. The van der Waals surface area contributed by atoms with E-state index in [1.165, 1.54) is 5.56 Å². The summed E-state index contributed by atoms with van der Waals surface area (Å²) in [6.07, 6.45) is 4.57.